The molecule has 0 spiro atoms. The van der Waals surface area contributed by atoms with E-state index in [1.807, 2.05) is 36.4 Å². The van der Waals surface area contributed by atoms with Gasteiger partial charge in [0, 0.05) is 29.6 Å². The second kappa shape index (κ2) is 7.10. The maximum absolute atomic E-state index is 13.4. The fourth-order valence-electron chi connectivity index (χ4n) is 4.30. The molecule has 0 N–H and O–H groups in total. The topological polar surface area (TPSA) is 46.6 Å². The van der Waals surface area contributed by atoms with E-state index >= 15 is 0 Å². The lowest BCUT2D eigenvalue weighted by atomic mass is 9.74. The first-order valence-electron chi connectivity index (χ1n) is 9.30. The summed E-state index contributed by atoms with van der Waals surface area (Å²) in [4.78, 5) is 28.1. The number of fused-ring (bicyclic) bond motifs is 1. The molecule has 1 fully saturated rings. The molecule has 0 saturated heterocycles. The molecule has 1 aliphatic heterocycles. The minimum Gasteiger partial charge on any atom is -0.372 e. The van der Waals surface area contributed by atoms with Gasteiger partial charge < -0.3 is 9.64 Å². The van der Waals surface area contributed by atoms with Gasteiger partial charge in [-0.2, -0.15) is 0 Å². The van der Waals surface area contributed by atoms with Gasteiger partial charge in [0.25, 0.3) is 5.91 Å². The lowest BCUT2D eigenvalue weighted by Crippen LogP contribution is -2.54. The molecular weight excluding hydrogens is 362 g/mol. The fourth-order valence-corrected chi connectivity index (χ4v) is 4.59. The van der Waals surface area contributed by atoms with Crippen LogP contribution in [0.5, 0.6) is 0 Å². The number of carbonyl (C=O) groups is 2. The lowest BCUT2D eigenvalue weighted by molar-refractivity contribution is -0.132. The normalized spacial score (nSPS) is 21.8. The van der Waals surface area contributed by atoms with Crippen molar-refractivity contribution in [3.8, 4) is 0 Å². The number of rotatable bonds is 3. The van der Waals surface area contributed by atoms with Gasteiger partial charge in [0.15, 0.2) is 5.78 Å². The monoisotopic (exact) mass is 383 g/mol. The van der Waals surface area contributed by atoms with E-state index in [0.717, 1.165) is 29.5 Å². The Morgan fingerprint density at radius 3 is 2.67 bits per heavy atom. The summed E-state index contributed by atoms with van der Waals surface area (Å²) in [6.45, 7) is 1.11. The SMILES string of the molecule is CN(C(=O)c1ccc2c(c1)COC2)C1(c2ccccc2Cl)CCCCC1=O. The van der Waals surface area contributed by atoms with E-state index in [-0.39, 0.29) is 11.7 Å². The first-order valence-corrected chi connectivity index (χ1v) is 9.68. The summed E-state index contributed by atoms with van der Waals surface area (Å²) in [5.41, 5.74) is 2.44. The third kappa shape index (κ3) is 2.97. The van der Waals surface area contributed by atoms with E-state index in [1.54, 1.807) is 18.0 Å². The Labute approximate surface area is 164 Å². The molecule has 1 aliphatic carbocycles. The maximum atomic E-state index is 13.4. The predicted molar refractivity (Wildman–Crippen MR) is 104 cm³/mol. The molecule has 1 amide bonds. The van der Waals surface area contributed by atoms with Crippen molar-refractivity contribution < 1.29 is 14.3 Å². The van der Waals surface area contributed by atoms with E-state index in [4.69, 9.17) is 16.3 Å². The summed E-state index contributed by atoms with van der Waals surface area (Å²) in [6.07, 6.45) is 2.78. The number of Topliss-reactive ketones (excluding diaryl/α,β-unsaturated/α-hetero) is 1. The molecule has 4 rings (SSSR count). The molecule has 2 aromatic carbocycles. The number of ether oxygens (including phenoxy) is 1. The molecule has 1 saturated carbocycles. The number of amides is 1. The zero-order valence-corrected chi connectivity index (χ0v) is 16.1. The second-order valence-corrected chi connectivity index (χ2v) is 7.72. The minimum atomic E-state index is -1.01. The number of benzene rings is 2. The first-order chi connectivity index (χ1) is 13.0. The predicted octanol–water partition coefficient (Wildman–Crippen LogP) is 4.48. The van der Waals surface area contributed by atoms with Gasteiger partial charge >= 0.3 is 0 Å². The highest BCUT2D eigenvalue weighted by Crippen LogP contribution is 2.42. The zero-order valence-electron chi connectivity index (χ0n) is 15.3. The van der Waals surface area contributed by atoms with Crippen LogP contribution in [-0.2, 0) is 28.3 Å². The molecule has 0 radical (unpaired) electrons. The quantitative estimate of drug-likeness (QED) is 0.785. The largest absolute Gasteiger partial charge is 0.372 e. The van der Waals surface area contributed by atoms with Crippen LogP contribution in [-0.4, -0.2) is 23.6 Å². The van der Waals surface area contributed by atoms with Crippen LogP contribution in [0.3, 0.4) is 0 Å². The Kier molecular flexibility index (Phi) is 4.79. The number of carbonyl (C=O) groups excluding carboxylic acids is 2. The van der Waals surface area contributed by atoms with E-state index in [0.29, 0.717) is 36.6 Å². The Balaban J connectivity index is 1.77. The molecule has 0 aromatic heterocycles. The lowest BCUT2D eigenvalue weighted by Gasteiger charge is -2.44. The summed E-state index contributed by atoms with van der Waals surface area (Å²) >= 11 is 6.48. The first kappa shape index (κ1) is 18.2. The maximum Gasteiger partial charge on any atom is 0.254 e. The van der Waals surface area contributed by atoms with E-state index in [9.17, 15) is 9.59 Å². The molecule has 1 heterocycles. The van der Waals surface area contributed by atoms with Crippen molar-refractivity contribution in [3.05, 3.63) is 69.7 Å². The van der Waals surface area contributed by atoms with Gasteiger partial charge in [-0.05, 0) is 48.6 Å². The Morgan fingerprint density at radius 2 is 1.89 bits per heavy atom. The van der Waals surface area contributed by atoms with Crippen molar-refractivity contribution in [1.82, 2.24) is 4.90 Å². The van der Waals surface area contributed by atoms with Crippen molar-refractivity contribution in [2.24, 2.45) is 0 Å². The van der Waals surface area contributed by atoms with Crippen LogP contribution in [0.15, 0.2) is 42.5 Å². The van der Waals surface area contributed by atoms with Crippen molar-refractivity contribution >= 4 is 23.3 Å². The molecule has 1 unspecified atom stereocenters. The van der Waals surface area contributed by atoms with Crippen molar-refractivity contribution in [2.75, 3.05) is 7.05 Å². The van der Waals surface area contributed by atoms with E-state index in [1.165, 1.54) is 0 Å². The third-order valence-electron chi connectivity index (χ3n) is 5.82. The standard InChI is InChI=1S/C22H22ClNO3/c1-24(21(26)15-9-10-16-13-27-14-17(16)12-15)22(11-5-4-8-20(22)25)18-6-2-3-7-19(18)23/h2-3,6-7,9-10,12H,4-5,8,11,13-14H2,1H3. The molecular formula is C22H22ClNO3. The highest BCUT2D eigenvalue weighted by molar-refractivity contribution is 6.31. The van der Waals surface area contributed by atoms with E-state index in [2.05, 4.69) is 0 Å². The molecule has 0 bridgehead atoms. The van der Waals surface area contributed by atoms with Gasteiger partial charge in [-0.3, -0.25) is 9.59 Å². The van der Waals surface area contributed by atoms with Crippen molar-refractivity contribution in [3.63, 3.8) is 0 Å². The average Bonchev–Trinajstić information content (AvgIpc) is 3.16. The number of nitrogens with zero attached hydrogens (tertiary/aromatic N) is 1. The van der Waals surface area contributed by atoms with Gasteiger partial charge in [0.05, 0.1) is 13.2 Å². The molecule has 2 aliphatic rings. The van der Waals surface area contributed by atoms with Crippen LogP contribution in [0.1, 0.15) is 52.7 Å². The summed E-state index contributed by atoms with van der Waals surface area (Å²) in [5.74, 6) is -0.109. The highest BCUT2D eigenvalue weighted by atomic mass is 35.5. The van der Waals surface area contributed by atoms with Crippen molar-refractivity contribution in [1.29, 1.82) is 0 Å². The molecule has 140 valence electrons. The molecule has 27 heavy (non-hydrogen) atoms. The Morgan fingerprint density at radius 1 is 1.11 bits per heavy atom. The Hall–Kier alpha value is -2.17. The van der Waals surface area contributed by atoms with Crippen LogP contribution in [0.2, 0.25) is 5.02 Å². The Bertz CT molecular complexity index is 910. The van der Waals surface area contributed by atoms with E-state index < -0.39 is 5.54 Å². The summed E-state index contributed by atoms with van der Waals surface area (Å²) in [7, 11) is 1.72. The highest BCUT2D eigenvalue weighted by Gasteiger charge is 2.48. The number of ketones is 1. The second-order valence-electron chi connectivity index (χ2n) is 7.31. The van der Waals surface area contributed by atoms with Crippen LogP contribution >= 0.6 is 11.6 Å². The van der Waals surface area contributed by atoms with Gasteiger partial charge in [0.1, 0.15) is 5.54 Å². The van der Waals surface area contributed by atoms with Crippen molar-refractivity contribution in [2.45, 2.75) is 44.4 Å². The number of hydrogen-bond donors (Lipinski definition) is 0. The summed E-state index contributed by atoms with van der Waals surface area (Å²) in [6, 6.07) is 13.0. The van der Waals surface area contributed by atoms with Gasteiger partial charge in [0.2, 0.25) is 0 Å². The molecule has 4 nitrogen and oxygen atoms in total. The summed E-state index contributed by atoms with van der Waals surface area (Å²) < 4.78 is 5.45. The van der Waals surface area contributed by atoms with Gasteiger partial charge in [-0.1, -0.05) is 35.9 Å². The smallest absolute Gasteiger partial charge is 0.254 e. The summed E-state index contributed by atoms with van der Waals surface area (Å²) in [5, 5.41) is 0.523. The number of halogens is 1. The molecule has 1 atom stereocenters. The van der Waals surface area contributed by atoms with Crippen LogP contribution < -0.4 is 0 Å². The minimum absolute atomic E-state index is 0.0576. The van der Waals surface area contributed by atoms with Crippen LogP contribution in [0.4, 0.5) is 0 Å². The number of likely N-dealkylation sites (N-methyl/N-ethyl adjacent to an activating group) is 1. The zero-order chi connectivity index (χ0) is 19.0. The van der Waals surface area contributed by atoms with Gasteiger partial charge in [-0.15, -0.1) is 0 Å². The van der Waals surface area contributed by atoms with Crippen LogP contribution in [0, 0.1) is 0 Å². The van der Waals surface area contributed by atoms with Gasteiger partial charge in [-0.25, -0.2) is 0 Å². The molecule has 5 heteroatoms. The van der Waals surface area contributed by atoms with Crippen LogP contribution in [0.25, 0.3) is 0 Å². The molecule has 2 aromatic rings. The number of hydrogen-bond acceptors (Lipinski definition) is 3. The third-order valence-corrected chi connectivity index (χ3v) is 6.15. The average molecular weight is 384 g/mol. The fraction of sp³-hybridized carbons (Fsp3) is 0.364.